The lowest BCUT2D eigenvalue weighted by atomic mass is 9.95. The number of nitrogens with one attached hydrogen (secondary N) is 2. The number of amides is 1. The molecule has 0 radical (unpaired) electrons. The monoisotopic (exact) mass is 338 g/mol. The van der Waals surface area contributed by atoms with Crippen LogP contribution in [0.15, 0.2) is 36.5 Å². The van der Waals surface area contributed by atoms with Gasteiger partial charge in [-0.25, -0.2) is 4.98 Å². The summed E-state index contributed by atoms with van der Waals surface area (Å²) in [7, 11) is 0. The van der Waals surface area contributed by atoms with Gasteiger partial charge in [-0.05, 0) is 42.7 Å². The number of aromatic nitrogens is 3. The molecular weight excluding hydrogens is 319 g/mol. The third-order valence-corrected chi connectivity index (χ3v) is 4.79. The van der Waals surface area contributed by atoms with Crippen LogP contribution in [0, 0.1) is 5.95 Å². The molecule has 1 aliphatic carbocycles. The summed E-state index contributed by atoms with van der Waals surface area (Å²) in [5.41, 5.74) is 2.18. The van der Waals surface area contributed by atoms with Gasteiger partial charge in [0.2, 0.25) is 5.95 Å². The van der Waals surface area contributed by atoms with E-state index in [1.165, 1.54) is 12.6 Å². The van der Waals surface area contributed by atoms with E-state index >= 15 is 0 Å². The molecule has 0 saturated heterocycles. The van der Waals surface area contributed by atoms with E-state index in [4.69, 9.17) is 0 Å². The molecule has 1 amide bonds. The highest BCUT2D eigenvalue weighted by molar-refractivity contribution is 6.05. The molecule has 128 valence electrons. The average Bonchev–Trinajstić information content (AvgIpc) is 3.06. The van der Waals surface area contributed by atoms with Crippen molar-refractivity contribution in [1.29, 1.82) is 0 Å². The van der Waals surface area contributed by atoms with Crippen LogP contribution in [-0.4, -0.2) is 27.1 Å². The van der Waals surface area contributed by atoms with E-state index in [1.807, 2.05) is 6.07 Å². The molecule has 2 heterocycles. The van der Waals surface area contributed by atoms with Crippen LogP contribution in [0.2, 0.25) is 0 Å². The number of carbonyl (C=O) groups is 1. The SMILES string of the molecule is O=C(NC1CCCCC1)c1n[nH]c2ccc(-c3cccnc3F)cc12. The number of carbonyl (C=O) groups excluding carboxylic acids is 1. The molecule has 1 aromatic carbocycles. The fourth-order valence-corrected chi connectivity index (χ4v) is 3.46. The Morgan fingerprint density at radius 3 is 2.84 bits per heavy atom. The molecule has 0 unspecified atom stereocenters. The summed E-state index contributed by atoms with van der Waals surface area (Å²) in [6.45, 7) is 0. The maximum Gasteiger partial charge on any atom is 0.272 e. The minimum absolute atomic E-state index is 0.179. The van der Waals surface area contributed by atoms with Gasteiger partial charge in [-0.2, -0.15) is 9.49 Å². The third-order valence-electron chi connectivity index (χ3n) is 4.79. The number of benzene rings is 1. The number of nitrogens with zero attached hydrogens (tertiary/aromatic N) is 2. The number of H-pyrrole nitrogens is 1. The summed E-state index contributed by atoms with van der Waals surface area (Å²) < 4.78 is 14.0. The number of halogens is 1. The first kappa shape index (κ1) is 15.7. The molecule has 3 aromatic rings. The van der Waals surface area contributed by atoms with Crippen molar-refractivity contribution in [3.05, 3.63) is 48.2 Å². The van der Waals surface area contributed by atoms with Gasteiger partial charge in [0, 0.05) is 23.2 Å². The summed E-state index contributed by atoms with van der Waals surface area (Å²) in [4.78, 5) is 16.3. The van der Waals surface area contributed by atoms with Crippen molar-refractivity contribution in [1.82, 2.24) is 20.5 Å². The first-order valence-corrected chi connectivity index (χ1v) is 8.62. The predicted octanol–water partition coefficient (Wildman–Crippen LogP) is 3.83. The average molecular weight is 338 g/mol. The largest absolute Gasteiger partial charge is 0.348 e. The van der Waals surface area contributed by atoms with Gasteiger partial charge in [-0.15, -0.1) is 0 Å². The number of aromatic amines is 1. The van der Waals surface area contributed by atoms with Crippen molar-refractivity contribution in [2.24, 2.45) is 0 Å². The summed E-state index contributed by atoms with van der Waals surface area (Å²) in [5.74, 6) is -0.708. The van der Waals surface area contributed by atoms with Crippen molar-refractivity contribution in [2.75, 3.05) is 0 Å². The molecule has 5 nitrogen and oxygen atoms in total. The molecule has 2 aromatic heterocycles. The van der Waals surface area contributed by atoms with Crippen LogP contribution in [-0.2, 0) is 0 Å². The Kier molecular flexibility index (Phi) is 4.17. The molecule has 1 fully saturated rings. The van der Waals surface area contributed by atoms with Gasteiger partial charge in [0.05, 0.1) is 5.52 Å². The highest BCUT2D eigenvalue weighted by Crippen LogP contribution is 2.27. The van der Waals surface area contributed by atoms with Gasteiger partial charge in [0.15, 0.2) is 5.69 Å². The maximum absolute atomic E-state index is 14.0. The molecule has 0 bridgehead atoms. The minimum Gasteiger partial charge on any atom is -0.348 e. The Balaban J connectivity index is 1.67. The first-order valence-electron chi connectivity index (χ1n) is 8.62. The van der Waals surface area contributed by atoms with Crippen LogP contribution in [0.3, 0.4) is 0 Å². The summed E-state index contributed by atoms with van der Waals surface area (Å²) in [5, 5.41) is 10.8. The van der Waals surface area contributed by atoms with Gasteiger partial charge in [-0.3, -0.25) is 9.89 Å². The molecule has 0 spiro atoms. The van der Waals surface area contributed by atoms with Crippen LogP contribution >= 0.6 is 0 Å². The van der Waals surface area contributed by atoms with Crippen LogP contribution in [0.1, 0.15) is 42.6 Å². The normalized spacial score (nSPS) is 15.4. The highest BCUT2D eigenvalue weighted by Gasteiger charge is 2.20. The number of fused-ring (bicyclic) bond motifs is 1. The second-order valence-electron chi connectivity index (χ2n) is 6.48. The highest BCUT2D eigenvalue weighted by atomic mass is 19.1. The molecule has 2 N–H and O–H groups in total. The van der Waals surface area contributed by atoms with Crippen molar-refractivity contribution in [2.45, 2.75) is 38.1 Å². The van der Waals surface area contributed by atoms with E-state index in [9.17, 15) is 9.18 Å². The Bertz CT molecular complexity index is 915. The molecule has 1 saturated carbocycles. The standard InChI is InChI=1S/C19H19FN4O/c20-18-14(7-4-10-21-18)12-8-9-16-15(11-12)17(24-23-16)19(25)22-13-5-2-1-3-6-13/h4,7-11,13H,1-3,5-6H2,(H,22,25)(H,23,24). The van der Waals surface area contributed by atoms with E-state index in [2.05, 4.69) is 20.5 Å². The lowest BCUT2D eigenvalue weighted by molar-refractivity contribution is 0.0924. The second kappa shape index (κ2) is 6.63. The van der Waals surface area contributed by atoms with Gasteiger partial charge < -0.3 is 5.32 Å². The van der Waals surface area contributed by atoms with Gasteiger partial charge in [-0.1, -0.05) is 25.3 Å². The van der Waals surface area contributed by atoms with Crippen molar-refractivity contribution in [3.63, 3.8) is 0 Å². The van der Waals surface area contributed by atoms with E-state index in [-0.39, 0.29) is 11.9 Å². The summed E-state index contributed by atoms with van der Waals surface area (Å²) in [6, 6.07) is 8.96. The number of hydrogen-bond acceptors (Lipinski definition) is 3. The molecule has 0 atom stereocenters. The predicted molar refractivity (Wildman–Crippen MR) is 93.6 cm³/mol. The van der Waals surface area contributed by atoms with Gasteiger partial charge in [0.25, 0.3) is 5.91 Å². The van der Waals surface area contributed by atoms with Crippen LogP contribution < -0.4 is 5.32 Å². The summed E-state index contributed by atoms with van der Waals surface area (Å²) in [6.07, 6.45) is 6.98. The van der Waals surface area contributed by atoms with Crippen LogP contribution in [0.4, 0.5) is 4.39 Å². The minimum atomic E-state index is -0.529. The Labute approximate surface area is 144 Å². The number of rotatable bonds is 3. The van der Waals surface area contributed by atoms with E-state index in [1.54, 1.807) is 24.3 Å². The second-order valence-corrected chi connectivity index (χ2v) is 6.48. The van der Waals surface area contributed by atoms with Crippen LogP contribution in [0.25, 0.3) is 22.0 Å². The topological polar surface area (TPSA) is 70.7 Å². The zero-order valence-electron chi connectivity index (χ0n) is 13.8. The number of hydrogen-bond donors (Lipinski definition) is 2. The Hall–Kier alpha value is -2.76. The van der Waals surface area contributed by atoms with E-state index < -0.39 is 5.95 Å². The molecule has 1 aliphatic rings. The quantitative estimate of drug-likeness (QED) is 0.713. The molecule has 6 heteroatoms. The Morgan fingerprint density at radius 1 is 1.20 bits per heavy atom. The molecule has 25 heavy (non-hydrogen) atoms. The molecular formula is C19H19FN4O. The first-order chi connectivity index (χ1) is 12.2. The smallest absolute Gasteiger partial charge is 0.272 e. The lowest BCUT2D eigenvalue weighted by Gasteiger charge is -2.22. The number of pyridine rings is 1. The van der Waals surface area contributed by atoms with Crippen molar-refractivity contribution < 1.29 is 9.18 Å². The molecule has 4 rings (SSSR count). The van der Waals surface area contributed by atoms with Crippen LogP contribution in [0.5, 0.6) is 0 Å². The summed E-state index contributed by atoms with van der Waals surface area (Å²) >= 11 is 0. The lowest BCUT2D eigenvalue weighted by Crippen LogP contribution is -2.36. The maximum atomic E-state index is 14.0. The van der Waals surface area contributed by atoms with E-state index in [0.29, 0.717) is 22.2 Å². The van der Waals surface area contributed by atoms with Crippen molar-refractivity contribution >= 4 is 16.8 Å². The fourth-order valence-electron chi connectivity index (χ4n) is 3.46. The van der Waals surface area contributed by atoms with Crippen molar-refractivity contribution in [3.8, 4) is 11.1 Å². The molecule has 0 aliphatic heterocycles. The van der Waals surface area contributed by atoms with Gasteiger partial charge in [0.1, 0.15) is 0 Å². The Morgan fingerprint density at radius 2 is 2.04 bits per heavy atom. The van der Waals surface area contributed by atoms with Gasteiger partial charge >= 0.3 is 0 Å². The van der Waals surface area contributed by atoms with E-state index in [0.717, 1.165) is 31.2 Å². The fraction of sp³-hybridized carbons (Fsp3) is 0.316. The third kappa shape index (κ3) is 3.12. The zero-order valence-corrected chi connectivity index (χ0v) is 13.8. The zero-order chi connectivity index (χ0) is 17.2.